The molecule has 0 heterocycles. The van der Waals surface area contributed by atoms with E-state index < -0.39 is 11.8 Å². The minimum Gasteiger partial charge on any atom is -0.497 e. The molecule has 0 spiro atoms. The van der Waals surface area contributed by atoms with Crippen LogP contribution in [0, 0.1) is 5.82 Å². The summed E-state index contributed by atoms with van der Waals surface area (Å²) < 4.78 is 19.0. The van der Waals surface area contributed by atoms with E-state index in [1.807, 2.05) is 0 Å². The Morgan fingerprint density at radius 3 is 2.77 bits per heavy atom. The summed E-state index contributed by atoms with van der Waals surface area (Å²) in [5.74, 6) is -0.220. The van der Waals surface area contributed by atoms with Crippen LogP contribution in [-0.4, -0.2) is 18.2 Å². The predicted octanol–water partition coefficient (Wildman–Crippen LogP) is 3.73. The summed E-state index contributed by atoms with van der Waals surface area (Å²) in [6.07, 6.45) is 0. The molecule has 2 aromatic rings. The van der Waals surface area contributed by atoms with Crippen molar-refractivity contribution in [3.8, 4) is 5.75 Å². The molecule has 0 aromatic heterocycles. The van der Waals surface area contributed by atoms with Crippen LogP contribution in [0.1, 0.15) is 5.56 Å². The van der Waals surface area contributed by atoms with Crippen molar-refractivity contribution in [1.29, 1.82) is 0 Å². The number of aliphatic hydroxyl groups excluding tert-OH is 1. The van der Waals surface area contributed by atoms with Gasteiger partial charge in [-0.05, 0) is 18.2 Å². The van der Waals surface area contributed by atoms with Crippen LogP contribution in [-0.2, 0) is 6.61 Å². The van der Waals surface area contributed by atoms with Crippen molar-refractivity contribution >= 4 is 33.3 Å². The molecule has 0 fully saturated rings. The van der Waals surface area contributed by atoms with Crippen molar-refractivity contribution in [2.45, 2.75) is 6.61 Å². The summed E-state index contributed by atoms with van der Waals surface area (Å²) in [6.45, 7) is -0.231. The average molecular weight is 369 g/mol. The summed E-state index contributed by atoms with van der Waals surface area (Å²) in [6, 6.07) is 8.46. The Hall–Kier alpha value is -2.12. The van der Waals surface area contributed by atoms with E-state index in [0.717, 1.165) is 0 Å². The summed E-state index contributed by atoms with van der Waals surface area (Å²) in [4.78, 5) is 12.0. The lowest BCUT2D eigenvalue weighted by Gasteiger charge is -2.12. The Bertz CT molecular complexity index is 694. The van der Waals surface area contributed by atoms with Gasteiger partial charge >= 0.3 is 6.03 Å². The maximum absolute atomic E-state index is 13.4. The van der Waals surface area contributed by atoms with Crippen LogP contribution in [0.25, 0.3) is 0 Å². The molecule has 0 aliphatic heterocycles. The number of nitrogens with one attached hydrogen (secondary N) is 2. The molecule has 0 aliphatic carbocycles. The fourth-order valence-corrected chi connectivity index (χ4v) is 2.37. The van der Waals surface area contributed by atoms with Crippen molar-refractivity contribution in [2.24, 2.45) is 0 Å². The van der Waals surface area contributed by atoms with E-state index >= 15 is 0 Å². The van der Waals surface area contributed by atoms with Crippen molar-refractivity contribution in [3.63, 3.8) is 0 Å². The standard InChI is InChI=1S/C15H14BrFN2O3/c1-22-11-6-9(17)5-10(7-11)18-15(21)19-14-4-2-3-13(16)12(14)8-20/h2-7,20H,8H2,1H3,(H2,18,19,21). The second-order valence-corrected chi connectivity index (χ2v) is 5.24. The first kappa shape index (κ1) is 16.3. The van der Waals surface area contributed by atoms with Crippen molar-refractivity contribution in [3.05, 3.63) is 52.3 Å². The van der Waals surface area contributed by atoms with Gasteiger partial charge in [0.1, 0.15) is 11.6 Å². The van der Waals surface area contributed by atoms with Crippen LogP contribution < -0.4 is 15.4 Å². The minimum absolute atomic E-state index is 0.231. The molecule has 0 radical (unpaired) electrons. The number of hydrogen-bond donors (Lipinski definition) is 3. The summed E-state index contributed by atoms with van der Waals surface area (Å²) >= 11 is 3.29. The molecule has 2 aromatic carbocycles. The molecule has 0 aliphatic rings. The number of aliphatic hydroxyl groups is 1. The molecule has 0 saturated carbocycles. The molecule has 22 heavy (non-hydrogen) atoms. The number of halogens is 2. The van der Waals surface area contributed by atoms with E-state index in [4.69, 9.17) is 4.74 Å². The summed E-state index contributed by atoms with van der Waals surface area (Å²) in [7, 11) is 1.41. The molecule has 5 nitrogen and oxygen atoms in total. The number of benzene rings is 2. The Morgan fingerprint density at radius 2 is 2.09 bits per heavy atom. The molecule has 0 bridgehead atoms. The second-order valence-electron chi connectivity index (χ2n) is 4.38. The molecule has 0 atom stereocenters. The number of carbonyl (C=O) groups excluding carboxylic acids is 1. The zero-order valence-corrected chi connectivity index (χ0v) is 13.3. The first-order chi connectivity index (χ1) is 10.5. The third kappa shape index (κ3) is 3.96. The fraction of sp³-hybridized carbons (Fsp3) is 0.133. The highest BCUT2D eigenvalue weighted by Gasteiger charge is 2.10. The fourth-order valence-electron chi connectivity index (χ4n) is 1.87. The van der Waals surface area contributed by atoms with Crippen LogP contribution in [0.5, 0.6) is 5.75 Å². The number of rotatable bonds is 4. The lowest BCUT2D eigenvalue weighted by molar-refractivity contribution is 0.262. The van der Waals surface area contributed by atoms with Gasteiger partial charge in [-0.15, -0.1) is 0 Å². The van der Waals surface area contributed by atoms with Gasteiger partial charge in [0.05, 0.1) is 13.7 Å². The Morgan fingerprint density at radius 1 is 1.32 bits per heavy atom. The molecule has 0 unspecified atom stereocenters. The van der Waals surface area contributed by atoms with Crippen LogP contribution in [0.2, 0.25) is 0 Å². The highest BCUT2D eigenvalue weighted by atomic mass is 79.9. The normalized spacial score (nSPS) is 10.2. The average Bonchev–Trinajstić information content (AvgIpc) is 2.46. The van der Waals surface area contributed by atoms with E-state index in [1.54, 1.807) is 18.2 Å². The van der Waals surface area contributed by atoms with Crippen LogP contribution >= 0.6 is 15.9 Å². The molecular formula is C15H14BrFN2O3. The molecule has 2 amide bonds. The number of hydrogen-bond acceptors (Lipinski definition) is 3. The van der Waals surface area contributed by atoms with Crippen molar-refractivity contribution in [1.82, 2.24) is 0 Å². The summed E-state index contributed by atoms with van der Waals surface area (Å²) in [5, 5.41) is 14.5. The topological polar surface area (TPSA) is 70.6 Å². The number of carbonyl (C=O) groups is 1. The zero-order valence-electron chi connectivity index (χ0n) is 11.7. The number of urea groups is 1. The van der Waals surface area contributed by atoms with E-state index in [2.05, 4.69) is 26.6 Å². The lowest BCUT2D eigenvalue weighted by atomic mass is 10.2. The van der Waals surface area contributed by atoms with E-state index in [0.29, 0.717) is 21.5 Å². The van der Waals surface area contributed by atoms with Crippen LogP contribution in [0.4, 0.5) is 20.6 Å². The van der Waals surface area contributed by atoms with Crippen molar-refractivity contribution < 1.29 is 19.0 Å². The molecule has 2 rings (SSSR count). The van der Waals surface area contributed by atoms with Gasteiger partial charge in [0.25, 0.3) is 0 Å². The second kappa shape index (κ2) is 7.24. The maximum atomic E-state index is 13.4. The first-order valence-corrected chi connectivity index (χ1v) is 7.13. The molecule has 0 saturated heterocycles. The first-order valence-electron chi connectivity index (χ1n) is 6.34. The number of amides is 2. The lowest BCUT2D eigenvalue weighted by Crippen LogP contribution is -2.20. The Balaban J connectivity index is 2.14. The quantitative estimate of drug-likeness (QED) is 0.769. The molecule has 3 N–H and O–H groups in total. The Kier molecular flexibility index (Phi) is 5.35. The van der Waals surface area contributed by atoms with E-state index in [9.17, 15) is 14.3 Å². The van der Waals surface area contributed by atoms with Crippen LogP contribution in [0.3, 0.4) is 0 Å². The molecular weight excluding hydrogens is 355 g/mol. The van der Waals surface area contributed by atoms with E-state index in [1.165, 1.54) is 25.3 Å². The molecule has 7 heteroatoms. The third-order valence-corrected chi connectivity index (χ3v) is 3.63. The highest BCUT2D eigenvalue weighted by Crippen LogP contribution is 2.25. The SMILES string of the molecule is COc1cc(F)cc(NC(=O)Nc2cccc(Br)c2CO)c1. The van der Waals surface area contributed by atoms with Gasteiger partial charge < -0.3 is 20.5 Å². The zero-order chi connectivity index (χ0) is 16.1. The largest absolute Gasteiger partial charge is 0.497 e. The van der Waals surface area contributed by atoms with Gasteiger partial charge in [-0.3, -0.25) is 0 Å². The number of anilines is 2. The van der Waals surface area contributed by atoms with E-state index in [-0.39, 0.29) is 12.3 Å². The third-order valence-electron chi connectivity index (χ3n) is 2.89. The van der Waals surface area contributed by atoms with Crippen molar-refractivity contribution in [2.75, 3.05) is 17.7 Å². The van der Waals surface area contributed by atoms with Gasteiger partial charge in [-0.1, -0.05) is 22.0 Å². The van der Waals surface area contributed by atoms with Gasteiger partial charge in [0.15, 0.2) is 0 Å². The van der Waals surface area contributed by atoms with Gasteiger partial charge in [0.2, 0.25) is 0 Å². The van der Waals surface area contributed by atoms with Gasteiger partial charge in [-0.2, -0.15) is 0 Å². The van der Waals surface area contributed by atoms with Gasteiger partial charge in [0, 0.05) is 33.5 Å². The molecule has 116 valence electrons. The monoisotopic (exact) mass is 368 g/mol. The number of ether oxygens (including phenoxy) is 1. The number of methoxy groups -OCH3 is 1. The smallest absolute Gasteiger partial charge is 0.323 e. The van der Waals surface area contributed by atoms with Gasteiger partial charge in [-0.25, -0.2) is 9.18 Å². The maximum Gasteiger partial charge on any atom is 0.323 e. The summed E-state index contributed by atoms with van der Waals surface area (Å²) in [5.41, 5.74) is 1.27. The minimum atomic E-state index is -0.555. The predicted molar refractivity (Wildman–Crippen MR) is 85.7 cm³/mol. The highest BCUT2D eigenvalue weighted by molar-refractivity contribution is 9.10. The Labute approximate surface area is 135 Å². The van der Waals surface area contributed by atoms with Crippen LogP contribution in [0.15, 0.2) is 40.9 Å².